The number of rotatable bonds is 0. The first-order valence-electron chi connectivity index (χ1n) is 3.70. The van der Waals surface area contributed by atoms with Crippen LogP contribution in [-0.2, 0) is 4.79 Å². The molecule has 0 saturated heterocycles. The zero-order chi connectivity index (χ0) is 8.65. The van der Waals surface area contributed by atoms with Gasteiger partial charge in [-0.15, -0.1) is 0 Å². The molecule has 0 aromatic rings. The summed E-state index contributed by atoms with van der Waals surface area (Å²) >= 11 is 0. The van der Waals surface area contributed by atoms with E-state index in [-0.39, 0.29) is 11.3 Å². The highest BCUT2D eigenvalue weighted by Crippen LogP contribution is 2.25. The molecule has 11 heavy (non-hydrogen) atoms. The van der Waals surface area contributed by atoms with Gasteiger partial charge in [0.05, 0.1) is 5.70 Å². The van der Waals surface area contributed by atoms with E-state index in [2.05, 4.69) is 0 Å². The molecule has 0 amide bonds. The van der Waals surface area contributed by atoms with Gasteiger partial charge in [-0.1, -0.05) is 0 Å². The molecular weight excluding hydrogens is 140 g/mol. The fourth-order valence-corrected chi connectivity index (χ4v) is 1.46. The lowest BCUT2D eigenvalue weighted by Crippen LogP contribution is -2.43. The van der Waals surface area contributed by atoms with Crippen LogP contribution in [0.15, 0.2) is 11.3 Å². The molecule has 0 radical (unpaired) electrons. The number of nitrogens with two attached hydrogens (primary N) is 2. The number of ketones is 1. The maximum absolute atomic E-state index is 11.2. The third-order valence-corrected chi connectivity index (χ3v) is 1.99. The molecule has 1 rings (SSSR count). The summed E-state index contributed by atoms with van der Waals surface area (Å²) in [5.74, 6) is -0.0150. The van der Waals surface area contributed by atoms with Crippen molar-refractivity contribution in [1.82, 2.24) is 0 Å². The number of carbonyl (C=O) groups excluding carboxylic acids is 1. The van der Waals surface area contributed by atoms with Gasteiger partial charge in [-0.3, -0.25) is 4.79 Å². The third kappa shape index (κ3) is 1.60. The Morgan fingerprint density at radius 3 is 2.45 bits per heavy atom. The molecule has 0 spiro atoms. The van der Waals surface area contributed by atoms with Crippen molar-refractivity contribution in [3.8, 4) is 0 Å². The smallest absolute Gasteiger partial charge is 0.180 e. The van der Waals surface area contributed by atoms with Crippen molar-refractivity contribution in [2.75, 3.05) is 0 Å². The first-order valence-corrected chi connectivity index (χ1v) is 3.70. The average Bonchev–Trinajstić information content (AvgIpc) is 1.81. The standard InChI is InChI=1S/C8H14N2O/c1-5-3-8(2,10)4-6(11)7(5)9/h3-4,9-10H2,1-2H3. The summed E-state index contributed by atoms with van der Waals surface area (Å²) in [7, 11) is 0. The second-order valence-corrected chi connectivity index (χ2v) is 3.62. The van der Waals surface area contributed by atoms with Crippen LogP contribution in [0.25, 0.3) is 0 Å². The highest BCUT2D eigenvalue weighted by molar-refractivity contribution is 5.96. The Bertz CT molecular complexity index is 228. The first kappa shape index (κ1) is 8.27. The van der Waals surface area contributed by atoms with Crippen LogP contribution in [0.4, 0.5) is 0 Å². The zero-order valence-corrected chi connectivity index (χ0v) is 6.98. The molecule has 1 aliphatic rings. The second-order valence-electron chi connectivity index (χ2n) is 3.62. The number of hydrogen-bond donors (Lipinski definition) is 2. The van der Waals surface area contributed by atoms with Crippen LogP contribution in [-0.4, -0.2) is 11.3 Å². The Labute approximate surface area is 66.4 Å². The van der Waals surface area contributed by atoms with Crippen molar-refractivity contribution in [2.24, 2.45) is 11.5 Å². The summed E-state index contributed by atoms with van der Waals surface area (Å²) in [6, 6.07) is 0. The fraction of sp³-hybridized carbons (Fsp3) is 0.625. The summed E-state index contributed by atoms with van der Waals surface area (Å²) in [6.45, 7) is 3.73. The van der Waals surface area contributed by atoms with Crippen molar-refractivity contribution >= 4 is 5.78 Å². The molecule has 4 N–H and O–H groups in total. The number of allylic oxidation sites excluding steroid dienone is 1. The Hall–Kier alpha value is -0.830. The summed E-state index contributed by atoms with van der Waals surface area (Å²) < 4.78 is 0. The van der Waals surface area contributed by atoms with Gasteiger partial charge >= 0.3 is 0 Å². The number of carbonyl (C=O) groups is 1. The summed E-state index contributed by atoms with van der Waals surface area (Å²) in [4.78, 5) is 11.2. The number of hydrogen-bond acceptors (Lipinski definition) is 3. The van der Waals surface area contributed by atoms with Gasteiger partial charge in [0.15, 0.2) is 5.78 Å². The number of Topliss-reactive ketones (excluding diaryl/α,β-unsaturated/α-hetero) is 1. The molecule has 0 fully saturated rings. The van der Waals surface area contributed by atoms with Gasteiger partial charge < -0.3 is 11.5 Å². The van der Waals surface area contributed by atoms with Gasteiger partial charge in [0.1, 0.15) is 0 Å². The molecule has 3 heteroatoms. The Balaban J connectivity index is 2.94. The SMILES string of the molecule is CC1=C(N)C(=O)CC(C)(N)C1. The minimum atomic E-state index is -0.385. The van der Waals surface area contributed by atoms with E-state index >= 15 is 0 Å². The van der Waals surface area contributed by atoms with E-state index < -0.39 is 0 Å². The molecule has 0 aliphatic heterocycles. The van der Waals surface area contributed by atoms with E-state index in [0.29, 0.717) is 12.1 Å². The third-order valence-electron chi connectivity index (χ3n) is 1.99. The molecule has 0 aromatic heterocycles. The largest absolute Gasteiger partial charge is 0.396 e. The summed E-state index contributed by atoms with van der Waals surface area (Å²) in [6.07, 6.45) is 1.10. The molecule has 0 saturated carbocycles. The van der Waals surface area contributed by atoms with Gasteiger partial charge in [0, 0.05) is 12.0 Å². The maximum Gasteiger partial charge on any atom is 0.180 e. The van der Waals surface area contributed by atoms with Gasteiger partial charge in [-0.25, -0.2) is 0 Å². The highest BCUT2D eigenvalue weighted by Gasteiger charge is 2.29. The van der Waals surface area contributed by atoms with Crippen molar-refractivity contribution in [1.29, 1.82) is 0 Å². The topological polar surface area (TPSA) is 69.1 Å². The van der Waals surface area contributed by atoms with Crippen LogP contribution in [0.3, 0.4) is 0 Å². The molecule has 1 unspecified atom stereocenters. The Morgan fingerprint density at radius 1 is 1.45 bits per heavy atom. The van der Waals surface area contributed by atoms with E-state index in [1.807, 2.05) is 13.8 Å². The monoisotopic (exact) mass is 154 g/mol. The maximum atomic E-state index is 11.2. The van der Waals surface area contributed by atoms with Gasteiger partial charge in [0.2, 0.25) is 0 Å². The van der Waals surface area contributed by atoms with Crippen LogP contribution < -0.4 is 11.5 Å². The van der Waals surface area contributed by atoms with E-state index in [9.17, 15) is 4.79 Å². The normalized spacial score (nSPS) is 32.8. The van der Waals surface area contributed by atoms with Crippen LogP contribution >= 0.6 is 0 Å². The molecule has 0 aromatic carbocycles. The minimum Gasteiger partial charge on any atom is -0.396 e. The fourth-order valence-electron chi connectivity index (χ4n) is 1.46. The molecular formula is C8H14N2O. The van der Waals surface area contributed by atoms with Crippen molar-refractivity contribution in [2.45, 2.75) is 32.2 Å². The highest BCUT2D eigenvalue weighted by atomic mass is 16.1. The van der Waals surface area contributed by atoms with Crippen molar-refractivity contribution in [3.05, 3.63) is 11.3 Å². The van der Waals surface area contributed by atoms with E-state index in [4.69, 9.17) is 11.5 Å². The molecule has 0 heterocycles. The average molecular weight is 154 g/mol. The summed E-state index contributed by atoms with van der Waals surface area (Å²) in [5, 5.41) is 0. The molecule has 3 nitrogen and oxygen atoms in total. The molecule has 1 atom stereocenters. The van der Waals surface area contributed by atoms with Crippen LogP contribution in [0.2, 0.25) is 0 Å². The minimum absolute atomic E-state index is 0.0150. The molecule has 1 aliphatic carbocycles. The predicted octanol–water partition coefficient (Wildman–Crippen LogP) is 0.299. The van der Waals surface area contributed by atoms with E-state index in [1.54, 1.807) is 0 Å². The zero-order valence-electron chi connectivity index (χ0n) is 6.98. The summed E-state index contributed by atoms with van der Waals surface area (Å²) in [5.41, 5.74) is 12.3. The van der Waals surface area contributed by atoms with Crippen LogP contribution in [0.1, 0.15) is 26.7 Å². The van der Waals surface area contributed by atoms with Gasteiger partial charge in [-0.2, -0.15) is 0 Å². The Morgan fingerprint density at radius 2 is 2.00 bits per heavy atom. The van der Waals surface area contributed by atoms with Gasteiger partial charge in [0.25, 0.3) is 0 Å². The van der Waals surface area contributed by atoms with E-state index in [1.165, 1.54) is 0 Å². The van der Waals surface area contributed by atoms with Crippen molar-refractivity contribution in [3.63, 3.8) is 0 Å². The van der Waals surface area contributed by atoms with Crippen LogP contribution in [0.5, 0.6) is 0 Å². The molecule has 0 bridgehead atoms. The predicted molar refractivity (Wildman–Crippen MR) is 43.7 cm³/mol. The first-order chi connectivity index (χ1) is 4.92. The van der Waals surface area contributed by atoms with Crippen LogP contribution in [0, 0.1) is 0 Å². The van der Waals surface area contributed by atoms with Crippen molar-refractivity contribution < 1.29 is 4.79 Å². The Kier molecular flexibility index (Phi) is 1.76. The second kappa shape index (κ2) is 2.34. The lowest BCUT2D eigenvalue weighted by molar-refractivity contribution is -0.117. The van der Waals surface area contributed by atoms with Gasteiger partial charge in [-0.05, 0) is 25.8 Å². The quantitative estimate of drug-likeness (QED) is 0.527. The lowest BCUT2D eigenvalue weighted by Gasteiger charge is -2.29. The van der Waals surface area contributed by atoms with E-state index in [0.717, 1.165) is 12.0 Å². The molecule has 62 valence electrons. The lowest BCUT2D eigenvalue weighted by atomic mass is 9.82.